The molecule has 1 fully saturated rings. The van der Waals surface area contributed by atoms with Gasteiger partial charge in [-0.05, 0) is 37.5 Å². The lowest BCUT2D eigenvalue weighted by atomic mass is 9.90. The molecule has 1 aromatic carbocycles. The van der Waals surface area contributed by atoms with E-state index in [4.69, 9.17) is 11.6 Å². The van der Waals surface area contributed by atoms with E-state index in [0.717, 1.165) is 18.9 Å². The van der Waals surface area contributed by atoms with Crippen LogP contribution >= 0.6 is 11.6 Å². The Morgan fingerprint density at radius 1 is 1.16 bits per heavy atom. The van der Waals surface area contributed by atoms with Gasteiger partial charge in [-0.1, -0.05) is 17.7 Å². The third-order valence-electron chi connectivity index (χ3n) is 5.79. The van der Waals surface area contributed by atoms with Crippen LogP contribution in [0.25, 0.3) is 11.5 Å². The first-order valence-electron chi connectivity index (χ1n) is 9.74. The van der Waals surface area contributed by atoms with Gasteiger partial charge in [0.05, 0.1) is 28.2 Å². The Morgan fingerprint density at radius 2 is 2.00 bits per heavy atom. The fourth-order valence-corrected chi connectivity index (χ4v) is 4.75. The van der Waals surface area contributed by atoms with Crippen molar-refractivity contribution in [2.75, 3.05) is 0 Å². The largest absolute Gasteiger partial charge is 0.417 e. The maximum Gasteiger partial charge on any atom is 0.417 e. The minimum Gasteiger partial charge on any atom is -0.324 e. The van der Waals surface area contributed by atoms with E-state index in [2.05, 4.69) is 20.2 Å². The number of benzene rings is 1. The van der Waals surface area contributed by atoms with Crippen molar-refractivity contribution in [1.82, 2.24) is 29.6 Å². The summed E-state index contributed by atoms with van der Waals surface area (Å²) in [5, 5.41) is 8.00. The van der Waals surface area contributed by atoms with Crippen molar-refractivity contribution in [2.45, 2.75) is 44.1 Å². The molecule has 0 spiro atoms. The Kier molecular flexibility index (Phi) is 4.69. The second kappa shape index (κ2) is 7.30. The van der Waals surface area contributed by atoms with Crippen LogP contribution in [0.4, 0.5) is 13.2 Å². The number of halogens is 4. The summed E-state index contributed by atoms with van der Waals surface area (Å²) in [7, 11) is 0. The molecular weight excluding hydrogens is 433 g/mol. The minimum absolute atomic E-state index is 0.155. The van der Waals surface area contributed by atoms with E-state index in [0.29, 0.717) is 30.3 Å². The van der Waals surface area contributed by atoms with Crippen molar-refractivity contribution in [3.05, 3.63) is 58.8 Å². The third-order valence-corrected chi connectivity index (χ3v) is 6.20. The summed E-state index contributed by atoms with van der Waals surface area (Å²) in [6.45, 7) is 0.431. The number of aromatic nitrogens is 5. The number of hydrogen-bond acceptors (Lipinski definition) is 5. The molecule has 1 saturated heterocycles. The highest BCUT2D eigenvalue weighted by Gasteiger charge is 2.44. The Balaban J connectivity index is 1.55. The molecule has 0 radical (unpaired) electrons. The Labute approximate surface area is 179 Å². The van der Waals surface area contributed by atoms with Crippen molar-refractivity contribution in [2.24, 2.45) is 0 Å². The van der Waals surface area contributed by atoms with Gasteiger partial charge in [0.25, 0.3) is 5.91 Å². The number of fused-ring (bicyclic) bond motifs is 4. The van der Waals surface area contributed by atoms with E-state index in [9.17, 15) is 18.0 Å². The van der Waals surface area contributed by atoms with Crippen LogP contribution in [-0.4, -0.2) is 41.6 Å². The van der Waals surface area contributed by atoms with Crippen molar-refractivity contribution < 1.29 is 18.0 Å². The molecular formula is C20H16ClF3N6O. The lowest BCUT2D eigenvalue weighted by molar-refractivity contribution is -0.137. The standard InChI is InChI=1S/C20H16ClF3N6O/c21-16-12(4-2-5-13(16)20(22,23)24)19(31)30-11-3-1-6-15(30)18-28-27-17(29(18)9-11)14-7-8-25-10-26-14/h2,4-5,7-8,10-11,15H,1,3,6,9H2. The summed E-state index contributed by atoms with van der Waals surface area (Å²) < 4.78 is 41.8. The molecule has 2 aliphatic rings. The Bertz CT molecular complexity index is 1150. The number of carbonyl (C=O) groups excluding carboxylic acids is 1. The second-order valence-electron chi connectivity index (χ2n) is 7.56. The van der Waals surface area contributed by atoms with E-state index in [1.807, 2.05) is 4.57 Å². The van der Waals surface area contributed by atoms with E-state index in [1.54, 1.807) is 17.2 Å². The Morgan fingerprint density at radius 3 is 2.74 bits per heavy atom. The molecule has 160 valence electrons. The average Bonchev–Trinajstić information content (AvgIpc) is 3.16. The molecule has 0 N–H and O–H groups in total. The molecule has 1 amide bonds. The summed E-state index contributed by atoms with van der Waals surface area (Å²) in [5.41, 5.74) is -0.554. The minimum atomic E-state index is -4.64. The first-order chi connectivity index (χ1) is 14.9. The lowest BCUT2D eigenvalue weighted by Crippen LogP contribution is -2.52. The van der Waals surface area contributed by atoms with Crippen LogP contribution in [0.1, 0.15) is 47.1 Å². The highest BCUT2D eigenvalue weighted by molar-refractivity contribution is 6.34. The van der Waals surface area contributed by atoms with Gasteiger partial charge in [0.15, 0.2) is 11.6 Å². The molecule has 2 bridgehead atoms. The van der Waals surface area contributed by atoms with Crippen LogP contribution in [0.5, 0.6) is 0 Å². The normalized spacial score (nSPS) is 20.5. The SMILES string of the molecule is O=C(c1cccc(C(F)(F)F)c1Cl)N1C2CCCC1c1nnc(-c3ccncn3)n1C2. The summed E-state index contributed by atoms with van der Waals surface area (Å²) in [6.07, 6.45) is 0.633. The van der Waals surface area contributed by atoms with E-state index in [1.165, 1.54) is 18.5 Å². The molecule has 3 aromatic rings. The molecule has 0 aliphatic carbocycles. The van der Waals surface area contributed by atoms with E-state index >= 15 is 0 Å². The van der Waals surface area contributed by atoms with Crippen molar-refractivity contribution >= 4 is 17.5 Å². The monoisotopic (exact) mass is 448 g/mol. The fraction of sp³-hybridized carbons (Fsp3) is 0.350. The van der Waals surface area contributed by atoms with Gasteiger partial charge in [-0.25, -0.2) is 9.97 Å². The molecule has 2 unspecified atom stereocenters. The number of carbonyl (C=O) groups is 1. The zero-order chi connectivity index (χ0) is 21.8. The predicted molar refractivity (Wildman–Crippen MR) is 104 cm³/mol. The lowest BCUT2D eigenvalue weighted by Gasteiger charge is -2.45. The summed E-state index contributed by atoms with van der Waals surface area (Å²) in [4.78, 5) is 23.2. The zero-order valence-electron chi connectivity index (χ0n) is 16.1. The molecule has 31 heavy (non-hydrogen) atoms. The van der Waals surface area contributed by atoms with Crippen LogP contribution in [0, 0.1) is 0 Å². The van der Waals surface area contributed by atoms with Gasteiger partial charge in [-0.3, -0.25) is 4.79 Å². The van der Waals surface area contributed by atoms with Gasteiger partial charge in [-0.2, -0.15) is 13.2 Å². The van der Waals surface area contributed by atoms with Crippen LogP contribution in [0.2, 0.25) is 5.02 Å². The number of amides is 1. The average molecular weight is 449 g/mol. The number of hydrogen-bond donors (Lipinski definition) is 0. The van der Waals surface area contributed by atoms with Crippen LogP contribution in [0.15, 0.2) is 36.8 Å². The maximum absolute atomic E-state index is 13.4. The maximum atomic E-state index is 13.4. The van der Waals surface area contributed by atoms with Gasteiger partial charge in [0.2, 0.25) is 0 Å². The number of rotatable bonds is 2. The third kappa shape index (κ3) is 3.25. The summed E-state index contributed by atoms with van der Waals surface area (Å²) in [5.74, 6) is 0.656. The van der Waals surface area contributed by atoms with Crippen LogP contribution in [-0.2, 0) is 12.7 Å². The first-order valence-corrected chi connectivity index (χ1v) is 10.1. The molecule has 4 heterocycles. The molecule has 2 aromatic heterocycles. The van der Waals surface area contributed by atoms with Gasteiger partial charge >= 0.3 is 6.18 Å². The molecule has 0 saturated carbocycles. The van der Waals surface area contributed by atoms with Crippen molar-refractivity contribution in [3.8, 4) is 11.5 Å². The molecule has 11 heteroatoms. The summed E-state index contributed by atoms with van der Waals surface area (Å²) >= 11 is 6.03. The van der Waals surface area contributed by atoms with Crippen molar-refractivity contribution in [3.63, 3.8) is 0 Å². The van der Waals surface area contributed by atoms with Gasteiger partial charge < -0.3 is 9.47 Å². The number of nitrogens with zero attached hydrogens (tertiary/aromatic N) is 6. The number of alkyl halides is 3. The van der Waals surface area contributed by atoms with E-state index in [-0.39, 0.29) is 11.6 Å². The van der Waals surface area contributed by atoms with Crippen LogP contribution < -0.4 is 0 Å². The Hall–Kier alpha value is -3.01. The molecule has 2 aliphatic heterocycles. The molecule has 2 atom stereocenters. The van der Waals surface area contributed by atoms with Crippen molar-refractivity contribution in [1.29, 1.82) is 0 Å². The van der Waals surface area contributed by atoms with Gasteiger partial charge in [0.1, 0.15) is 12.0 Å². The fourth-order valence-electron chi connectivity index (χ4n) is 4.44. The highest BCUT2D eigenvalue weighted by Crippen LogP contribution is 2.42. The van der Waals surface area contributed by atoms with E-state index < -0.39 is 28.7 Å². The number of piperidine rings is 1. The first kappa shape index (κ1) is 19.9. The summed E-state index contributed by atoms with van der Waals surface area (Å²) in [6, 6.07) is 4.54. The molecule has 7 nitrogen and oxygen atoms in total. The highest BCUT2D eigenvalue weighted by atomic mass is 35.5. The van der Waals surface area contributed by atoms with Gasteiger partial charge in [-0.15, -0.1) is 10.2 Å². The smallest absolute Gasteiger partial charge is 0.324 e. The predicted octanol–water partition coefficient (Wildman–Crippen LogP) is 4.16. The topological polar surface area (TPSA) is 76.8 Å². The quantitative estimate of drug-likeness (QED) is 0.588. The zero-order valence-corrected chi connectivity index (χ0v) is 16.8. The second-order valence-corrected chi connectivity index (χ2v) is 7.94. The van der Waals surface area contributed by atoms with Gasteiger partial charge in [0, 0.05) is 12.7 Å². The molecule has 5 rings (SSSR count). The van der Waals surface area contributed by atoms with Crippen LogP contribution in [0.3, 0.4) is 0 Å².